The van der Waals surface area contributed by atoms with Crippen molar-refractivity contribution in [2.24, 2.45) is 0 Å². The van der Waals surface area contributed by atoms with Gasteiger partial charge in [0.25, 0.3) is 0 Å². The zero-order valence-electron chi connectivity index (χ0n) is 54.4. The lowest BCUT2D eigenvalue weighted by molar-refractivity contribution is 1.40. The van der Waals surface area contributed by atoms with E-state index in [1.807, 2.05) is 24.5 Å². The average molecular weight is 1270 g/mol. The second kappa shape index (κ2) is 24.4. The molecule has 20 rings (SSSR count). The van der Waals surface area contributed by atoms with E-state index in [-0.39, 0.29) is 0 Å². The Morgan fingerprint density at radius 2 is 0.510 bits per heavy atom. The van der Waals surface area contributed by atoms with Gasteiger partial charge in [0.1, 0.15) is 0 Å². The maximum absolute atomic E-state index is 5.48. The monoisotopic (exact) mass is 1270 g/mol. The number of para-hydroxylation sites is 2. The van der Waals surface area contributed by atoms with Gasteiger partial charge in [-0.25, -0.2) is 9.97 Å². The van der Waals surface area contributed by atoms with Crippen LogP contribution in [0.15, 0.2) is 364 Å². The molecule has 20 aromatic rings. The molecule has 0 aliphatic heterocycles. The van der Waals surface area contributed by atoms with Crippen molar-refractivity contribution in [3.8, 4) is 89.3 Å². The third kappa shape index (κ3) is 10.2. The molecule has 0 aliphatic rings. The molecule has 0 bridgehead atoms. The van der Waals surface area contributed by atoms with E-state index >= 15 is 0 Å². The lowest BCUT2D eigenvalue weighted by Crippen LogP contribution is -1.94. The highest BCUT2D eigenvalue weighted by molar-refractivity contribution is 6.21. The Morgan fingerprint density at radius 1 is 0.170 bits per heavy atom. The highest BCUT2D eigenvalue weighted by Crippen LogP contribution is 2.46. The Hall–Kier alpha value is -13.3. The number of fused-ring (bicyclic) bond motifs is 12. The first-order valence-corrected chi connectivity index (χ1v) is 34.1. The number of rotatable bonds is 8. The molecular formula is C96H60N4. The molecule has 4 nitrogen and oxygen atoms in total. The van der Waals surface area contributed by atoms with Crippen molar-refractivity contribution in [3.05, 3.63) is 364 Å². The highest BCUT2D eigenvalue weighted by Gasteiger charge is 2.21. The van der Waals surface area contributed by atoms with Gasteiger partial charge < -0.3 is 0 Å². The molecule has 0 spiro atoms. The van der Waals surface area contributed by atoms with Crippen LogP contribution in [0.3, 0.4) is 0 Å². The van der Waals surface area contributed by atoms with Crippen LogP contribution in [0.2, 0.25) is 0 Å². The van der Waals surface area contributed by atoms with Crippen LogP contribution < -0.4 is 0 Å². The largest absolute Gasteiger partial charge is 0.256 e. The Balaban J connectivity index is 0.000000139. The normalized spacial score (nSPS) is 11.6. The number of hydrogen-bond donors (Lipinski definition) is 0. The van der Waals surface area contributed by atoms with E-state index in [4.69, 9.17) is 19.9 Å². The standard InChI is InChI=1S/2C48H30N2/c1-4-16-37-32(11-1)14-9-20-39(37)43-28-45-44(40-21-10-15-33-12-2-5-17-38(33)40)29-47(50-48(45)42-19-7-6-18-41(42)43)34-25-23-31(24-26-34)36-27-35-13-3-8-22-46(35)49-30-36;1-3-17-36-31(11-1)13-7-22-39(36)43-29-45-44(40-23-8-14-32-12-2-4-18-37(32)40)30-46(50-48(45)42-20-6-5-19-41(42)43)34-26-24-33(25-27-34)38-21-9-15-35-16-10-28-49-47(35)38/h2*1-30H. The number of hydrogen-bond acceptors (Lipinski definition) is 4. The number of benzene rings is 16. The summed E-state index contributed by atoms with van der Waals surface area (Å²) < 4.78 is 0. The summed E-state index contributed by atoms with van der Waals surface area (Å²) in [4.78, 5) is 20.4. The van der Waals surface area contributed by atoms with E-state index in [2.05, 4.69) is 340 Å². The van der Waals surface area contributed by atoms with Crippen LogP contribution in [0.25, 0.3) is 198 Å². The summed E-state index contributed by atoms with van der Waals surface area (Å²) in [6.07, 6.45) is 3.83. The summed E-state index contributed by atoms with van der Waals surface area (Å²) in [5.41, 5.74) is 22.2. The summed E-state index contributed by atoms with van der Waals surface area (Å²) in [5.74, 6) is 0. The van der Waals surface area contributed by atoms with Crippen LogP contribution in [-0.2, 0) is 0 Å². The Morgan fingerprint density at radius 3 is 0.970 bits per heavy atom. The van der Waals surface area contributed by atoms with Crippen molar-refractivity contribution >= 4 is 108 Å². The maximum Gasteiger partial charge on any atom is 0.0794 e. The minimum atomic E-state index is 0.950. The lowest BCUT2D eigenvalue weighted by Gasteiger charge is -2.17. The van der Waals surface area contributed by atoms with Gasteiger partial charge in [-0.1, -0.05) is 309 Å². The first-order valence-electron chi connectivity index (χ1n) is 34.1. The van der Waals surface area contributed by atoms with E-state index in [1.165, 1.54) is 98.4 Å². The smallest absolute Gasteiger partial charge is 0.0794 e. The van der Waals surface area contributed by atoms with Gasteiger partial charge in [-0.3, -0.25) is 9.97 Å². The van der Waals surface area contributed by atoms with E-state index in [0.29, 0.717) is 0 Å². The molecule has 16 aromatic carbocycles. The average Bonchev–Trinajstić information content (AvgIpc) is 0.736. The summed E-state index contributed by atoms with van der Waals surface area (Å²) in [6.45, 7) is 0. The number of aromatic nitrogens is 4. The van der Waals surface area contributed by atoms with Crippen molar-refractivity contribution in [2.75, 3.05) is 0 Å². The quantitative estimate of drug-likeness (QED) is 0.142. The molecule has 0 fully saturated rings. The van der Waals surface area contributed by atoms with Gasteiger partial charge in [0, 0.05) is 67.0 Å². The van der Waals surface area contributed by atoms with Gasteiger partial charge in [0.05, 0.1) is 33.5 Å². The Kier molecular flexibility index (Phi) is 14.2. The van der Waals surface area contributed by atoms with Crippen molar-refractivity contribution in [1.82, 2.24) is 19.9 Å². The van der Waals surface area contributed by atoms with Crippen molar-refractivity contribution < 1.29 is 0 Å². The van der Waals surface area contributed by atoms with Gasteiger partial charge in [0.2, 0.25) is 0 Å². The molecule has 0 N–H and O–H groups in total. The van der Waals surface area contributed by atoms with E-state index in [1.54, 1.807) is 0 Å². The van der Waals surface area contributed by atoms with Crippen LogP contribution in [0, 0.1) is 0 Å². The number of nitrogens with zero attached hydrogens (tertiary/aromatic N) is 4. The molecule has 0 amide bonds. The molecule has 100 heavy (non-hydrogen) atoms. The summed E-state index contributed by atoms with van der Waals surface area (Å²) >= 11 is 0. The third-order valence-electron chi connectivity index (χ3n) is 20.2. The first kappa shape index (κ1) is 58.1. The van der Waals surface area contributed by atoms with Crippen LogP contribution >= 0.6 is 0 Å². The second-order valence-electron chi connectivity index (χ2n) is 25.9. The minimum Gasteiger partial charge on any atom is -0.256 e. The van der Waals surface area contributed by atoms with Gasteiger partial charge in [-0.15, -0.1) is 0 Å². The minimum absolute atomic E-state index is 0.950. The second-order valence-corrected chi connectivity index (χ2v) is 25.9. The van der Waals surface area contributed by atoms with Gasteiger partial charge in [0.15, 0.2) is 0 Å². The number of pyridine rings is 4. The third-order valence-corrected chi connectivity index (χ3v) is 20.2. The Labute approximate surface area is 578 Å². The molecule has 0 saturated heterocycles. The van der Waals surface area contributed by atoms with Crippen molar-refractivity contribution in [3.63, 3.8) is 0 Å². The fourth-order valence-corrected chi connectivity index (χ4v) is 15.4. The molecule has 0 unspecified atom stereocenters. The van der Waals surface area contributed by atoms with Gasteiger partial charge in [-0.2, -0.15) is 0 Å². The van der Waals surface area contributed by atoms with Crippen molar-refractivity contribution in [1.29, 1.82) is 0 Å². The predicted molar refractivity (Wildman–Crippen MR) is 423 cm³/mol. The molecule has 0 saturated carbocycles. The fraction of sp³-hybridized carbons (Fsp3) is 0. The van der Waals surface area contributed by atoms with Gasteiger partial charge >= 0.3 is 0 Å². The van der Waals surface area contributed by atoms with Crippen LogP contribution in [0.1, 0.15) is 0 Å². The molecule has 0 atom stereocenters. The first-order chi connectivity index (χ1) is 49.6. The van der Waals surface area contributed by atoms with Crippen molar-refractivity contribution in [2.45, 2.75) is 0 Å². The maximum atomic E-state index is 5.48. The van der Waals surface area contributed by atoms with Crippen LogP contribution in [-0.4, -0.2) is 19.9 Å². The summed E-state index contributed by atoms with van der Waals surface area (Å²) in [6, 6.07) is 126. The topological polar surface area (TPSA) is 51.6 Å². The molecule has 464 valence electrons. The van der Waals surface area contributed by atoms with Crippen LogP contribution in [0.4, 0.5) is 0 Å². The van der Waals surface area contributed by atoms with E-state index in [9.17, 15) is 0 Å². The summed E-state index contributed by atoms with van der Waals surface area (Å²) in [5, 5.41) is 19.1. The molecule has 4 heteroatoms. The molecule has 0 aliphatic carbocycles. The zero-order valence-corrected chi connectivity index (χ0v) is 54.4. The molecule has 4 aromatic heterocycles. The highest BCUT2D eigenvalue weighted by atomic mass is 14.7. The SMILES string of the molecule is c1ccc2c(-c3cc4c(-c5cccc6ccccc56)cc(-c5ccc(-c6cccc7cccnc67)cc5)nc4c4ccccc34)cccc2c1.c1ccc2ncc(-c3ccc(-c4cc(-c5cccc6ccccc56)c5cc(-c6cccc7ccccc67)c6ccccc6c5n4)cc3)cc2c1. The molecular weight excluding hydrogens is 1210 g/mol. The fourth-order valence-electron chi connectivity index (χ4n) is 15.4. The van der Waals surface area contributed by atoms with Crippen LogP contribution in [0.5, 0.6) is 0 Å². The van der Waals surface area contributed by atoms with E-state index in [0.717, 1.165) is 99.2 Å². The Bertz CT molecular complexity index is 6620. The van der Waals surface area contributed by atoms with Gasteiger partial charge in [-0.05, 0) is 152 Å². The molecule has 4 heterocycles. The predicted octanol–water partition coefficient (Wildman–Crippen LogP) is 25.8. The summed E-state index contributed by atoms with van der Waals surface area (Å²) in [7, 11) is 0. The molecule has 0 radical (unpaired) electrons. The lowest BCUT2D eigenvalue weighted by atomic mass is 9.88. The zero-order chi connectivity index (χ0) is 66.0. The van der Waals surface area contributed by atoms with E-state index < -0.39 is 0 Å².